The molecule has 1 saturated carbocycles. The van der Waals surface area contributed by atoms with Gasteiger partial charge in [0.25, 0.3) is 5.92 Å². The molecule has 0 radical (unpaired) electrons. The molecule has 3 unspecified atom stereocenters. The Morgan fingerprint density at radius 3 is 2.38 bits per heavy atom. The normalized spacial score (nSPS) is 39.9. The van der Waals surface area contributed by atoms with Crippen LogP contribution >= 0.6 is 0 Å². The van der Waals surface area contributed by atoms with Crippen molar-refractivity contribution >= 4 is 0 Å². The predicted molar refractivity (Wildman–Crippen MR) is 50.9 cm³/mol. The van der Waals surface area contributed by atoms with Gasteiger partial charge in [0, 0.05) is 11.8 Å². The van der Waals surface area contributed by atoms with E-state index in [1.807, 2.05) is 6.92 Å². The summed E-state index contributed by atoms with van der Waals surface area (Å²) in [7, 11) is 0. The van der Waals surface area contributed by atoms with E-state index in [4.69, 9.17) is 0 Å². The largest absolute Gasteiger partial charge is 0.253 e. The zero-order chi connectivity index (χ0) is 10.1. The Morgan fingerprint density at radius 2 is 1.85 bits per heavy atom. The van der Waals surface area contributed by atoms with Crippen LogP contribution in [0, 0.1) is 17.8 Å². The summed E-state index contributed by atoms with van der Waals surface area (Å²) in [5.74, 6) is -2.78. The lowest BCUT2D eigenvalue weighted by molar-refractivity contribution is -0.103. The average Bonchev–Trinajstić information content (AvgIpc) is 2.12. The lowest BCUT2D eigenvalue weighted by Gasteiger charge is -2.28. The van der Waals surface area contributed by atoms with E-state index in [-0.39, 0.29) is 5.92 Å². The van der Waals surface area contributed by atoms with Gasteiger partial charge in [-0.05, 0) is 25.2 Å². The minimum absolute atomic E-state index is 0.382. The van der Waals surface area contributed by atoms with Gasteiger partial charge in [0.2, 0.25) is 0 Å². The molecule has 0 bridgehead atoms. The molecule has 0 N–H and O–H groups in total. The van der Waals surface area contributed by atoms with Crippen LogP contribution in [0.4, 0.5) is 8.78 Å². The van der Waals surface area contributed by atoms with E-state index >= 15 is 0 Å². The lowest BCUT2D eigenvalue weighted by atomic mass is 9.87. The van der Waals surface area contributed by atoms with Crippen molar-refractivity contribution in [1.29, 1.82) is 0 Å². The highest BCUT2D eigenvalue weighted by molar-refractivity contribution is 4.85. The van der Waals surface area contributed by atoms with Crippen LogP contribution < -0.4 is 0 Å². The minimum Gasteiger partial charge on any atom is -0.206 e. The lowest BCUT2D eigenvalue weighted by Crippen LogP contribution is -2.33. The molecule has 0 aromatic carbocycles. The Bertz CT molecular complexity index is 165. The molecule has 13 heavy (non-hydrogen) atoms. The average molecular weight is 190 g/mol. The number of hydrogen-bond donors (Lipinski definition) is 0. The van der Waals surface area contributed by atoms with Gasteiger partial charge in [-0.15, -0.1) is 0 Å². The molecule has 78 valence electrons. The first-order chi connectivity index (χ1) is 5.98. The summed E-state index contributed by atoms with van der Waals surface area (Å²) >= 11 is 0. The van der Waals surface area contributed by atoms with Crippen molar-refractivity contribution in [2.45, 2.75) is 52.4 Å². The molecule has 2 heteroatoms. The zero-order valence-electron chi connectivity index (χ0n) is 8.82. The third-order valence-corrected chi connectivity index (χ3v) is 3.46. The first-order valence-corrected chi connectivity index (χ1v) is 5.36. The highest BCUT2D eigenvalue weighted by Crippen LogP contribution is 2.44. The second-order valence-electron chi connectivity index (χ2n) is 4.60. The third kappa shape index (κ3) is 2.21. The second-order valence-corrected chi connectivity index (χ2v) is 4.60. The molecule has 0 aromatic rings. The van der Waals surface area contributed by atoms with Gasteiger partial charge >= 0.3 is 0 Å². The summed E-state index contributed by atoms with van der Waals surface area (Å²) in [5.41, 5.74) is 0. The number of hydrogen-bond acceptors (Lipinski definition) is 0. The molecule has 0 aliphatic heterocycles. The van der Waals surface area contributed by atoms with E-state index in [1.165, 1.54) is 0 Å². The molecule has 1 rings (SSSR count). The van der Waals surface area contributed by atoms with E-state index in [2.05, 4.69) is 6.92 Å². The Kier molecular flexibility index (Phi) is 3.31. The van der Waals surface area contributed by atoms with E-state index in [9.17, 15) is 8.78 Å². The van der Waals surface area contributed by atoms with Crippen LogP contribution in [0.2, 0.25) is 0 Å². The minimum atomic E-state index is -2.43. The van der Waals surface area contributed by atoms with Gasteiger partial charge in [0.05, 0.1) is 0 Å². The van der Waals surface area contributed by atoms with Gasteiger partial charge in [-0.1, -0.05) is 27.2 Å². The fourth-order valence-electron chi connectivity index (χ4n) is 2.44. The van der Waals surface area contributed by atoms with Crippen molar-refractivity contribution in [3.8, 4) is 0 Å². The highest BCUT2D eigenvalue weighted by atomic mass is 19.3. The van der Waals surface area contributed by atoms with Crippen molar-refractivity contribution in [3.63, 3.8) is 0 Å². The molecule has 0 saturated heterocycles. The van der Waals surface area contributed by atoms with Crippen molar-refractivity contribution < 1.29 is 8.78 Å². The molecule has 1 aliphatic carbocycles. The summed E-state index contributed by atoms with van der Waals surface area (Å²) in [6.45, 7) is 5.66. The molecule has 0 spiro atoms. The maximum absolute atomic E-state index is 13.7. The molecule has 0 aromatic heterocycles. The summed E-state index contributed by atoms with van der Waals surface area (Å²) in [6.07, 6.45) is 2.97. The topological polar surface area (TPSA) is 0 Å². The monoisotopic (exact) mass is 190 g/mol. The third-order valence-electron chi connectivity index (χ3n) is 3.46. The predicted octanol–water partition coefficient (Wildman–Crippen LogP) is 4.10. The quantitative estimate of drug-likeness (QED) is 0.546. The van der Waals surface area contributed by atoms with Gasteiger partial charge < -0.3 is 0 Å². The van der Waals surface area contributed by atoms with E-state index in [0.717, 1.165) is 6.42 Å². The van der Waals surface area contributed by atoms with Crippen molar-refractivity contribution in [1.82, 2.24) is 0 Å². The van der Waals surface area contributed by atoms with E-state index in [1.54, 1.807) is 6.92 Å². The van der Waals surface area contributed by atoms with Crippen molar-refractivity contribution in [2.24, 2.45) is 17.8 Å². The van der Waals surface area contributed by atoms with Crippen LogP contribution in [0.25, 0.3) is 0 Å². The van der Waals surface area contributed by atoms with Crippen LogP contribution in [0.1, 0.15) is 46.5 Å². The van der Waals surface area contributed by atoms with Crippen LogP contribution in [0.15, 0.2) is 0 Å². The zero-order valence-corrected chi connectivity index (χ0v) is 8.82. The SMILES string of the molecule is CCC1CCC(C)CC(C)C1(F)F. The van der Waals surface area contributed by atoms with Crippen molar-refractivity contribution in [3.05, 3.63) is 0 Å². The van der Waals surface area contributed by atoms with E-state index < -0.39 is 11.8 Å². The van der Waals surface area contributed by atoms with Gasteiger partial charge in [-0.3, -0.25) is 0 Å². The smallest absolute Gasteiger partial charge is 0.206 e. The summed E-state index contributed by atoms with van der Waals surface area (Å²) in [6, 6.07) is 0. The molecular formula is C11H20F2. The van der Waals surface area contributed by atoms with Gasteiger partial charge in [-0.25, -0.2) is 8.78 Å². The maximum atomic E-state index is 13.7. The fourth-order valence-corrected chi connectivity index (χ4v) is 2.44. The first-order valence-electron chi connectivity index (χ1n) is 5.36. The molecule has 1 aliphatic rings. The maximum Gasteiger partial charge on any atom is 0.253 e. The van der Waals surface area contributed by atoms with E-state index in [0.29, 0.717) is 25.2 Å². The standard InChI is InChI=1S/C11H20F2/c1-4-10-6-5-8(2)7-9(3)11(10,12)13/h8-10H,4-7H2,1-3H3. The van der Waals surface area contributed by atoms with Crippen LogP contribution in [0.5, 0.6) is 0 Å². The van der Waals surface area contributed by atoms with Crippen LogP contribution in [-0.2, 0) is 0 Å². The fraction of sp³-hybridized carbons (Fsp3) is 1.00. The number of rotatable bonds is 1. The number of halogens is 2. The van der Waals surface area contributed by atoms with Gasteiger partial charge in [-0.2, -0.15) is 0 Å². The Hall–Kier alpha value is -0.140. The second kappa shape index (κ2) is 3.93. The number of alkyl halides is 2. The first kappa shape index (κ1) is 10.9. The Morgan fingerprint density at radius 1 is 1.23 bits per heavy atom. The highest BCUT2D eigenvalue weighted by Gasteiger charge is 2.45. The summed E-state index contributed by atoms with van der Waals surface area (Å²) in [4.78, 5) is 0. The molecular weight excluding hydrogens is 170 g/mol. The van der Waals surface area contributed by atoms with Crippen LogP contribution in [0.3, 0.4) is 0 Å². The van der Waals surface area contributed by atoms with Gasteiger partial charge in [0.1, 0.15) is 0 Å². The summed E-state index contributed by atoms with van der Waals surface area (Å²) in [5, 5.41) is 0. The molecule has 3 atom stereocenters. The Balaban J connectivity index is 2.75. The molecule has 1 fully saturated rings. The van der Waals surface area contributed by atoms with Crippen LogP contribution in [-0.4, -0.2) is 5.92 Å². The Labute approximate surface area is 79.7 Å². The molecule has 0 heterocycles. The van der Waals surface area contributed by atoms with Crippen molar-refractivity contribution in [2.75, 3.05) is 0 Å². The molecule has 0 nitrogen and oxygen atoms in total. The summed E-state index contributed by atoms with van der Waals surface area (Å²) < 4.78 is 27.4. The van der Waals surface area contributed by atoms with Gasteiger partial charge in [0.15, 0.2) is 0 Å². The molecule has 0 amide bonds.